The van der Waals surface area contributed by atoms with Crippen LogP contribution in [0.4, 0.5) is 10.1 Å². The predicted molar refractivity (Wildman–Crippen MR) is 71.0 cm³/mol. The fraction of sp³-hybridized carbons (Fsp3) is 0.231. The van der Waals surface area contributed by atoms with E-state index in [-0.39, 0.29) is 17.3 Å². The highest BCUT2D eigenvalue weighted by Crippen LogP contribution is 2.15. The van der Waals surface area contributed by atoms with Crippen LogP contribution in [0.25, 0.3) is 0 Å². The Bertz CT molecular complexity index is 731. The second-order valence-corrected chi connectivity index (χ2v) is 4.66. The third kappa shape index (κ3) is 2.59. The average molecular weight is 286 g/mol. The van der Waals surface area contributed by atoms with Gasteiger partial charge in [-0.2, -0.15) is 5.26 Å². The molecule has 1 fully saturated rings. The van der Waals surface area contributed by atoms with Crippen molar-refractivity contribution in [2.24, 2.45) is 0 Å². The van der Waals surface area contributed by atoms with Crippen molar-refractivity contribution >= 4 is 11.6 Å². The average Bonchev–Trinajstić information content (AvgIpc) is 2.88. The van der Waals surface area contributed by atoms with E-state index in [1.165, 1.54) is 12.1 Å². The van der Waals surface area contributed by atoms with Gasteiger partial charge < -0.3 is 10.6 Å². The number of rotatable bonds is 3. The molecule has 106 valence electrons. The second-order valence-electron chi connectivity index (χ2n) is 4.66. The van der Waals surface area contributed by atoms with Gasteiger partial charge >= 0.3 is 0 Å². The van der Waals surface area contributed by atoms with Crippen molar-refractivity contribution < 1.29 is 9.18 Å². The van der Waals surface area contributed by atoms with Crippen LogP contribution in [0.5, 0.6) is 0 Å². The van der Waals surface area contributed by atoms with Crippen molar-refractivity contribution in [2.75, 3.05) is 18.4 Å². The first-order valence-electron chi connectivity index (χ1n) is 6.31. The lowest BCUT2D eigenvalue weighted by Crippen LogP contribution is -2.43. The van der Waals surface area contributed by atoms with Crippen molar-refractivity contribution in [3.63, 3.8) is 0 Å². The van der Waals surface area contributed by atoms with E-state index in [9.17, 15) is 9.18 Å². The van der Waals surface area contributed by atoms with Gasteiger partial charge in [0, 0.05) is 18.8 Å². The van der Waals surface area contributed by atoms with Gasteiger partial charge in [-0.3, -0.25) is 4.79 Å². The molecule has 1 aromatic carbocycles. The highest BCUT2D eigenvalue weighted by atomic mass is 19.1. The lowest BCUT2D eigenvalue weighted by atomic mass is 10.2. The van der Waals surface area contributed by atoms with Crippen LogP contribution in [0.3, 0.4) is 0 Å². The summed E-state index contributed by atoms with van der Waals surface area (Å²) in [6.45, 7) is 1.60. The summed E-state index contributed by atoms with van der Waals surface area (Å²) in [5, 5.41) is 22.1. The Morgan fingerprint density at radius 1 is 1.52 bits per heavy atom. The molecule has 0 spiro atoms. The molecule has 0 unspecified atom stereocenters. The number of hydrogen-bond acceptors (Lipinski definition) is 5. The fourth-order valence-electron chi connectivity index (χ4n) is 1.90. The topological polar surface area (TPSA) is 95.6 Å². The molecule has 0 saturated carbocycles. The third-order valence-corrected chi connectivity index (χ3v) is 3.22. The standard InChI is InChI=1S/C13H11FN6O/c14-11-2-1-9(3-8(11)4-15)17-13(21)12-7-20(19-18-12)10-5-16-6-10/h1-3,7,10,16H,5-6H2,(H,17,21). The Balaban J connectivity index is 1.74. The maximum Gasteiger partial charge on any atom is 0.277 e. The van der Waals surface area contributed by atoms with Crippen LogP contribution in [0.1, 0.15) is 22.1 Å². The zero-order chi connectivity index (χ0) is 14.8. The second kappa shape index (κ2) is 5.30. The Kier molecular flexibility index (Phi) is 3.33. The molecule has 21 heavy (non-hydrogen) atoms. The quantitative estimate of drug-likeness (QED) is 0.865. The zero-order valence-electron chi connectivity index (χ0n) is 10.9. The number of anilines is 1. The number of amides is 1. The van der Waals surface area contributed by atoms with Crippen molar-refractivity contribution in [1.82, 2.24) is 20.3 Å². The summed E-state index contributed by atoms with van der Waals surface area (Å²) in [7, 11) is 0. The highest BCUT2D eigenvalue weighted by molar-refractivity contribution is 6.02. The first kappa shape index (κ1) is 13.2. The SMILES string of the molecule is N#Cc1cc(NC(=O)c2cn(C3CNC3)nn2)ccc1F. The van der Waals surface area contributed by atoms with E-state index in [4.69, 9.17) is 5.26 Å². The molecule has 0 bridgehead atoms. The summed E-state index contributed by atoms with van der Waals surface area (Å²) in [4.78, 5) is 12.0. The minimum absolute atomic E-state index is 0.128. The minimum atomic E-state index is -0.626. The number of nitriles is 1. The maximum atomic E-state index is 13.2. The molecular weight excluding hydrogens is 275 g/mol. The van der Waals surface area contributed by atoms with Crippen LogP contribution in [0.15, 0.2) is 24.4 Å². The normalized spacial score (nSPS) is 14.3. The van der Waals surface area contributed by atoms with E-state index in [1.807, 2.05) is 0 Å². The monoisotopic (exact) mass is 286 g/mol. The zero-order valence-corrected chi connectivity index (χ0v) is 10.9. The summed E-state index contributed by atoms with van der Waals surface area (Å²) in [6, 6.07) is 5.72. The fourth-order valence-corrected chi connectivity index (χ4v) is 1.90. The van der Waals surface area contributed by atoms with Gasteiger partial charge in [0.05, 0.1) is 17.8 Å². The van der Waals surface area contributed by atoms with Crippen LogP contribution in [-0.4, -0.2) is 34.0 Å². The van der Waals surface area contributed by atoms with Gasteiger partial charge in [0.1, 0.15) is 11.9 Å². The molecule has 2 aromatic rings. The number of carbonyl (C=O) groups is 1. The number of benzene rings is 1. The van der Waals surface area contributed by atoms with Crippen molar-refractivity contribution in [3.8, 4) is 6.07 Å². The Labute approximate surface area is 119 Å². The van der Waals surface area contributed by atoms with Crippen LogP contribution in [-0.2, 0) is 0 Å². The number of halogens is 1. The summed E-state index contributed by atoms with van der Waals surface area (Å²) in [5.41, 5.74) is 0.375. The largest absolute Gasteiger partial charge is 0.320 e. The summed E-state index contributed by atoms with van der Waals surface area (Å²) < 4.78 is 14.8. The number of carbonyl (C=O) groups excluding carboxylic acids is 1. The van der Waals surface area contributed by atoms with Gasteiger partial charge in [-0.25, -0.2) is 9.07 Å². The molecule has 8 heteroatoms. The smallest absolute Gasteiger partial charge is 0.277 e. The van der Waals surface area contributed by atoms with Crippen LogP contribution < -0.4 is 10.6 Å². The van der Waals surface area contributed by atoms with Crippen LogP contribution in [0.2, 0.25) is 0 Å². The lowest BCUT2D eigenvalue weighted by molar-refractivity contribution is 0.102. The van der Waals surface area contributed by atoms with E-state index < -0.39 is 11.7 Å². The van der Waals surface area contributed by atoms with E-state index >= 15 is 0 Å². The Hall–Kier alpha value is -2.79. The van der Waals surface area contributed by atoms with Crippen molar-refractivity contribution in [3.05, 3.63) is 41.5 Å². The molecular formula is C13H11FN6O. The predicted octanol–water partition coefficient (Wildman–Crippen LogP) is 0.685. The molecule has 1 aliphatic rings. The summed E-state index contributed by atoms with van der Waals surface area (Å²) in [6.07, 6.45) is 1.57. The number of hydrogen-bond donors (Lipinski definition) is 2. The Morgan fingerprint density at radius 3 is 3.00 bits per heavy atom. The van der Waals surface area contributed by atoms with Gasteiger partial charge in [-0.05, 0) is 18.2 Å². The summed E-state index contributed by atoms with van der Waals surface area (Å²) >= 11 is 0. The first-order valence-corrected chi connectivity index (χ1v) is 6.31. The van der Waals surface area contributed by atoms with Gasteiger partial charge in [-0.1, -0.05) is 5.21 Å². The third-order valence-electron chi connectivity index (χ3n) is 3.22. The van der Waals surface area contributed by atoms with Crippen LogP contribution in [0, 0.1) is 17.1 Å². The molecule has 1 amide bonds. The number of aromatic nitrogens is 3. The molecule has 3 rings (SSSR count). The van der Waals surface area contributed by atoms with E-state index in [0.29, 0.717) is 5.69 Å². The van der Waals surface area contributed by atoms with E-state index in [1.54, 1.807) is 16.9 Å². The van der Waals surface area contributed by atoms with Gasteiger partial charge in [0.2, 0.25) is 0 Å². The molecule has 7 nitrogen and oxygen atoms in total. The van der Waals surface area contributed by atoms with Gasteiger partial charge in [0.25, 0.3) is 5.91 Å². The highest BCUT2D eigenvalue weighted by Gasteiger charge is 2.21. The van der Waals surface area contributed by atoms with E-state index in [2.05, 4.69) is 20.9 Å². The molecule has 1 aromatic heterocycles. The number of nitrogens with one attached hydrogen (secondary N) is 2. The molecule has 1 saturated heterocycles. The van der Waals surface area contributed by atoms with Gasteiger partial charge in [0.15, 0.2) is 5.69 Å². The van der Waals surface area contributed by atoms with Gasteiger partial charge in [-0.15, -0.1) is 5.10 Å². The van der Waals surface area contributed by atoms with E-state index in [0.717, 1.165) is 19.2 Å². The molecule has 2 N–H and O–H groups in total. The molecule has 0 atom stereocenters. The molecule has 2 heterocycles. The molecule has 0 radical (unpaired) electrons. The number of nitrogens with zero attached hydrogens (tertiary/aromatic N) is 4. The minimum Gasteiger partial charge on any atom is -0.320 e. The van der Waals surface area contributed by atoms with Crippen molar-refractivity contribution in [2.45, 2.75) is 6.04 Å². The molecule has 1 aliphatic heterocycles. The van der Waals surface area contributed by atoms with Crippen molar-refractivity contribution in [1.29, 1.82) is 5.26 Å². The Morgan fingerprint density at radius 2 is 2.33 bits per heavy atom. The maximum absolute atomic E-state index is 13.2. The summed E-state index contributed by atoms with van der Waals surface area (Å²) in [5.74, 6) is -1.08. The lowest BCUT2D eigenvalue weighted by Gasteiger charge is -2.26. The molecule has 0 aliphatic carbocycles. The van der Waals surface area contributed by atoms with Crippen LogP contribution >= 0.6 is 0 Å². The first-order chi connectivity index (χ1) is 10.2.